The number of aromatic hydroxyl groups is 1. The van der Waals surface area contributed by atoms with E-state index in [1.807, 2.05) is 6.92 Å². The quantitative estimate of drug-likeness (QED) is 0.434. The van der Waals surface area contributed by atoms with Crippen LogP contribution in [0.3, 0.4) is 0 Å². The molecule has 2 aromatic carbocycles. The third-order valence-electron chi connectivity index (χ3n) is 5.59. The van der Waals surface area contributed by atoms with E-state index < -0.39 is 12.0 Å². The van der Waals surface area contributed by atoms with E-state index in [2.05, 4.69) is 20.9 Å². The molecule has 0 saturated heterocycles. The molecule has 0 radical (unpaired) electrons. The van der Waals surface area contributed by atoms with E-state index in [1.165, 1.54) is 15.9 Å². The zero-order chi connectivity index (χ0) is 26.0. The van der Waals surface area contributed by atoms with Crippen molar-refractivity contribution in [2.45, 2.75) is 26.8 Å². The van der Waals surface area contributed by atoms with Gasteiger partial charge in [0.2, 0.25) is 0 Å². The predicted molar refractivity (Wildman–Crippen MR) is 140 cm³/mol. The average molecular weight is 573 g/mol. The number of nitrogens with zero attached hydrogens (tertiary/aromatic N) is 2. The van der Waals surface area contributed by atoms with Crippen molar-refractivity contribution < 1.29 is 24.1 Å². The van der Waals surface area contributed by atoms with Gasteiger partial charge in [0.1, 0.15) is 5.75 Å². The molecule has 36 heavy (non-hydrogen) atoms. The van der Waals surface area contributed by atoms with Crippen LogP contribution in [0.25, 0.3) is 6.08 Å². The number of thiazole rings is 1. The van der Waals surface area contributed by atoms with Crippen LogP contribution in [-0.2, 0) is 9.53 Å². The summed E-state index contributed by atoms with van der Waals surface area (Å²) in [7, 11) is 1.55. The number of phenols is 1. The fraction of sp³-hybridized carbons (Fsp3) is 0.269. The Labute approximate surface area is 219 Å². The van der Waals surface area contributed by atoms with Gasteiger partial charge in [0.25, 0.3) is 5.56 Å². The van der Waals surface area contributed by atoms with E-state index in [4.69, 9.17) is 14.2 Å². The van der Waals surface area contributed by atoms with Gasteiger partial charge in [-0.3, -0.25) is 9.36 Å². The third kappa shape index (κ3) is 4.83. The molecule has 0 amide bonds. The highest BCUT2D eigenvalue weighted by Gasteiger charge is 2.34. The predicted octanol–water partition coefficient (Wildman–Crippen LogP) is 3.67. The summed E-state index contributed by atoms with van der Waals surface area (Å²) in [5.41, 5.74) is 1.86. The Hall–Kier alpha value is -3.37. The summed E-state index contributed by atoms with van der Waals surface area (Å²) in [4.78, 5) is 31.8. The number of halogens is 1. The summed E-state index contributed by atoms with van der Waals surface area (Å²) in [5, 5.41) is 9.80. The molecule has 1 atom stereocenters. The van der Waals surface area contributed by atoms with Crippen molar-refractivity contribution in [1.29, 1.82) is 0 Å². The minimum atomic E-state index is -0.765. The second-order valence-corrected chi connectivity index (χ2v) is 9.72. The van der Waals surface area contributed by atoms with E-state index in [0.717, 1.165) is 5.56 Å². The minimum absolute atomic E-state index is 0.105. The fourth-order valence-electron chi connectivity index (χ4n) is 4.00. The van der Waals surface area contributed by atoms with Crippen LogP contribution in [0, 0.1) is 0 Å². The second-order valence-electron chi connectivity index (χ2n) is 7.86. The highest BCUT2D eigenvalue weighted by atomic mass is 79.9. The Bertz CT molecular complexity index is 1540. The fourth-order valence-corrected chi connectivity index (χ4v) is 5.45. The molecule has 0 saturated carbocycles. The molecule has 0 aliphatic carbocycles. The van der Waals surface area contributed by atoms with Crippen molar-refractivity contribution in [3.05, 3.63) is 83.0 Å². The summed E-state index contributed by atoms with van der Waals surface area (Å²) < 4.78 is 19.0. The standard InChI is InChI=1S/C26H25BrN2O6S/c1-5-34-20-13-16(8-10-19(20)33-4)23-22(25(32)35-6-2)14(3)28-26-29(23)24(31)21(36-26)12-15-7-9-18(30)17(27)11-15/h7-13,23,30H,5-6H2,1-4H3/b21-12+/t23-/m0/s1. The van der Waals surface area contributed by atoms with E-state index >= 15 is 0 Å². The third-order valence-corrected chi connectivity index (χ3v) is 7.21. The first-order chi connectivity index (χ1) is 17.3. The van der Waals surface area contributed by atoms with Gasteiger partial charge >= 0.3 is 5.97 Å². The first-order valence-electron chi connectivity index (χ1n) is 11.3. The number of fused-ring (bicyclic) bond motifs is 1. The maximum Gasteiger partial charge on any atom is 0.338 e. The lowest BCUT2D eigenvalue weighted by Crippen LogP contribution is -2.40. The molecule has 1 N–H and O–H groups in total. The van der Waals surface area contributed by atoms with Crippen molar-refractivity contribution >= 4 is 39.3 Å². The van der Waals surface area contributed by atoms with E-state index in [9.17, 15) is 14.7 Å². The number of aromatic nitrogens is 1. The molecular formula is C26H25BrN2O6S. The normalized spacial score (nSPS) is 15.4. The molecule has 2 heterocycles. The van der Waals surface area contributed by atoms with Gasteiger partial charge in [-0.2, -0.15) is 0 Å². The van der Waals surface area contributed by atoms with E-state index in [1.54, 1.807) is 63.4 Å². The lowest BCUT2D eigenvalue weighted by atomic mass is 9.95. The van der Waals surface area contributed by atoms with Crippen LogP contribution < -0.4 is 24.4 Å². The molecule has 0 unspecified atom stereocenters. The molecule has 0 bridgehead atoms. The summed E-state index contributed by atoms with van der Waals surface area (Å²) in [5.74, 6) is 0.623. The first-order valence-corrected chi connectivity index (χ1v) is 12.9. The van der Waals surface area contributed by atoms with Gasteiger partial charge in [-0.1, -0.05) is 23.5 Å². The number of ether oxygens (including phenoxy) is 3. The largest absolute Gasteiger partial charge is 0.507 e. The maximum absolute atomic E-state index is 13.7. The van der Waals surface area contributed by atoms with Gasteiger partial charge < -0.3 is 19.3 Å². The van der Waals surface area contributed by atoms with Gasteiger partial charge in [-0.15, -0.1) is 0 Å². The van der Waals surface area contributed by atoms with Crippen molar-refractivity contribution in [2.24, 2.45) is 4.99 Å². The molecule has 188 valence electrons. The van der Waals surface area contributed by atoms with Crippen molar-refractivity contribution in [1.82, 2.24) is 4.57 Å². The van der Waals surface area contributed by atoms with Crippen molar-refractivity contribution in [2.75, 3.05) is 20.3 Å². The second kappa shape index (κ2) is 10.7. The molecule has 0 fully saturated rings. The van der Waals surface area contributed by atoms with Crippen molar-refractivity contribution in [3.63, 3.8) is 0 Å². The number of hydrogen-bond donors (Lipinski definition) is 1. The number of phenolic OH excluding ortho intramolecular Hbond substituents is 1. The number of hydrogen-bond acceptors (Lipinski definition) is 8. The zero-order valence-corrected chi connectivity index (χ0v) is 22.6. The molecule has 8 nitrogen and oxygen atoms in total. The molecule has 1 aromatic heterocycles. The number of carbonyl (C=O) groups is 1. The number of carbonyl (C=O) groups excluding carboxylic acids is 1. The monoisotopic (exact) mass is 572 g/mol. The zero-order valence-electron chi connectivity index (χ0n) is 20.2. The Morgan fingerprint density at radius 3 is 2.64 bits per heavy atom. The van der Waals surface area contributed by atoms with Gasteiger partial charge in [0, 0.05) is 0 Å². The number of benzene rings is 2. The van der Waals surface area contributed by atoms with Crippen molar-refractivity contribution in [3.8, 4) is 17.2 Å². The lowest BCUT2D eigenvalue weighted by molar-refractivity contribution is -0.139. The molecule has 1 aliphatic heterocycles. The molecule has 4 rings (SSSR count). The van der Waals surface area contributed by atoms with Gasteiger partial charge in [0.05, 0.1) is 46.6 Å². The molecule has 0 spiro atoms. The Morgan fingerprint density at radius 2 is 1.97 bits per heavy atom. The summed E-state index contributed by atoms with van der Waals surface area (Å²) >= 11 is 4.53. The summed E-state index contributed by atoms with van der Waals surface area (Å²) in [6, 6.07) is 9.55. The van der Waals surface area contributed by atoms with Crippen LogP contribution >= 0.6 is 27.3 Å². The van der Waals surface area contributed by atoms with Gasteiger partial charge in [-0.25, -0.2) is 9.79 Å². The Balaban J connectivity index is 1.96. The topological polar surface area (TPSA) is 99.4 Å². The van der Waals surface area contributed by atoms with Crippen LogP contribution in [-0.4, -0.2) is 36.0 Å². The lowest BCUT2D eigenvalue weighted by Gasteiger charge is -2.25. The first kappa shape index (κ1) is 25.7. The van der Waals surface area contributed by atoms with Crippen LogP contribution in [0.1, 0.15) is 37.9 Å². The molecule has 10 heteroatoms. The van der Waals surface area contributed by atoms with Crippen LogP contribution in [0.15, 0.2) is 61.9 Å². The smallest absolute Gasteiger partial charge is 0.338 e. The van der Waals surface area contributed by atoms with Crippen LogP contribution in [0.5, 0.6) is 17.2 Å². The average Bonchev–Trinajstić information content (AvgIpc) is 3.15. The van der Waals surface area contributed by atoms with Gasteiger partial charge in [-0.05, 0) is 78.2 Å². The highest BCUT2D eigenvalue weighted by molar-refractivity contribution is 9.10. The Morgan fingerprint density at radius 1 is 1.19 bits per heavy atom. The number of rotatable bonds is 7. The molecule has 3 aromatic rings. The minimum Gasteiger partial charge on any atom is -0.507 e. The maximum atomic E-state index is 13.7. The number of esters is 1. The molecular weight excluding hydrogens is 548 g/mol. The highest BCUT2D eigenvalue weighted by Crippen LogP contribution is 2.36. The van der Waals surface area contributed by atoms with E-state index in [0.29, 0.717) is 43.2 Å². The molecule has 1 aliphatic rings. The summed E-state index contributed by atoms with van der Waals surface area (Å²) in [6.45, 7) is 5.94. The van der Waals surface area contributed by atoms with E-state index in [-0.39, 0.29) is 23.5 Å². The van der Waals surface area contributed by atoms with Gasteiger partial charge in [0.15, 0.2) is 16.3 Å². The number of methoxy groups -OCH3 is 1. The van der Waals surface area contributed by atoms with Crippen LogP contribution in [0.4, 0.5) is 0 Å². The summed E-state index contributed by atoms with van der Waals surface area (Å²) in [6.07, 6.45) is 1.73. The number of allylic oxidation sites excluding steroid dienone is 1. The SMILES string of the molecule is CCOC(=O)C1=C(C)N=c2s/c(=C/c3ccc(O)c(Br)c3)c(=O)n2[C@H]1c1ccc(OC)c(OCC)c1. The Kier molecular flexibility index (Phi) is 7.65. The van der Waals surface area contributed by atoms with Crippen LogP contribution in [0.2, 0.25) is 0 Å².